The molecule has 1 aliphatic heterocycles. The molecule has 0 spiro atoms. The highest BCUT2D eigenvalue weighted by Crippen LogP contribution is 2.10. The molecule has 2 heterocycles. The molecular weight excluding hydrogens is 232 g/mol. The molecule has 1 amide bonds. The SMILES string of the molecule is Cc1cc(C(N)=O)cc(NCC2CNCCO2)n1. The van der Waals surface area contributed by atoms with Crippen LogP contribution < -0.4 is 16.4 Å². The van der Waals surface area contributed by atoms with Crippen LogP contribution in [-0.4, -0.2) is 43.2 Å². The average Bonchev–Trinajstić information content (AvgIpc) is 2.37. The number of ether oxygens (including phenoxy) is 1. The Bertz CT molecular complexity index is 430. The number of carbonyl (C=O) groups excluding carboxylic acids is 1. The molecule has 18 heavy (non-hydrogen) atoms. The summed E-state index contributed by atoms with van der Waals surface area (Å²) in [5.74, 6) is 0.206. The number of amides is 1. The number of anilines is 1. The number of pyridine rings is 1. The lowest BCUT2D eigenvalue weighted by Gasteiger charge is -2.24. The van der Waals surface area contributed by atoms with Crippen molar-refractivity contribution in [1.82, 2.24) is 10.3 Å². The van der Waals surface area contributed by atoms with Crippen molar-refractivity contribution in [2.24, 2.45) is 5.73 Å². The number of primary amides is 1. The summed E-state index contributed by atoms with van der Waals surface area (Å²) in [6, 6.07) is 3.33. The summed E-state index contributed by atoms with van der Waals surface area (Å²) in [6.45, 7) is 4.92. The predicted octanol–water partition coefficient (Wildman–Crippen LogP) is -0.111. The van der Waals surface area contributed by atoms with Crippen LogP contribution in [0.4, 0.5) is 5.82 Å². The molecule has 1 atom stereocenters. The molecule has 2 rings (SSSR count). The molecule has 6 heteroatoms. The van der Waals surface area contributed by atoms with E-state index in [9.17, 15) is 4.79 Å². The second kappa shape index (κ2) is 5.79. The van der Waals surface area contributed by atoms with E-state index in [0.717, 1.165) is 25.4 Å². The molecule has 1 aromatic heterocycles. The normalized spacial score (nSPS) is 19.5. The van der Waals surface area contributed by atoms with Crippen molar-refractivity contribution >= 4 is 11.7 Å². The minimum absolute atomic E-state index is 0.123. The van der Waals surface area contributed by atoms with E-state index in [-0.39, 0.29) is 6.10 Å². The topological polar surface area (TPSA) is 89.3 Å². The molecule has 0 radical (unpaired) electrons. The zero-order valence-corrected chi connectivity index (χ0v) is 10.4. The fraction of sp³-hybridized carbons (Fsp3) is 0.500. The predicted molar refractivity (Wildman–Crippen MR) is 68.6 cm³/mol. The lowest BCUT2D eigenvalue weighted by molar-refractivity contribution is 0.0372. The second-order valence-corrected chi connectivity index (χ2v) is 4.32. The molecule has 1 aromatic rings. The monoisotopic (exact) mass is 250 g/mol. The summed E-state index contributed by atoms with van der Waals surface area (Å²) >= 11 is 0. The van der Waals surface area contributed by atoms with E-state index in [1.54, 1.807) is 12.1 Å². The van der Waals surface area contributed by atoms with Crippen LogP contribution in [0.25, 0.3) is 0 Å². The Hall–Kier alpha value is -1.66. The second-order valence-electron chi connectivity index (χ2n) is 4.32. The summed E-state index contributed by atoms with van der Waals surface area (Å²) in [5.41, 5.74) is 6.49. The molecule has 1 aliphatic rings. The third-order valence-electron chi connectivity index (χ3n) is 2.75. The molecule has 6 nitrogen and oxygen atoms in total. The highest BCUT2D eigenvalue weighted by atomic mass is 16.5. The summed E-state index contributed by atoms with van der Waals surface area (Å²) in [4.78, 5) is 15.4. The van der Waals surface area contributed by atoms with Crippen molar-refractivity contribution in [2.75, 3.05) is 31.6 Å². The van der Waals surface area contributed by atoms with Crippen LogP contribution in [0.15, 0.2) is 12.1 Å². The van der Waals surface area contributed by atoms with Crippen molar-refractivity contribution in [1.29, 1.82) is 0 Å². The maximum atomic E-state index is 11.1. The number of carbonyl (C=O) groups is 1. The van der Waals surface area contributed by atoms with Gasteiger partial charge in [0.1, 0.15) is 5.82 Å². The quantitative estimate of drug-likeness (QED) is 0.694. The highest BCUT2D eigenvalue weighted by Gasteiger charge is 2.13. The third-order valence-corrected chi connectivity index (χ3v) is 2.75. The molecule has 1 saturated heterocycles. The van der Waals surface area contributed by atoms with Gasteiger partial charge < -0.3 is 21.1 Å². The maximum Gasteiger partial charge on any atom is 0.248 e. The van der Waals surface area contributed by atoms with Gasteiger partial charge in [0.2, 0.25) is 5.91 Å². The van der Waals surface area contributed by atoms with E-state index >= 15 is 0 Å². The standard InChI is InChI=1S/C12H18N4O2/c1-8-4-9(12(13)17)5-11(16-8)15-7-10-6-14-2-3-18-10/h4-5,10,14H,2-3,6-7H2,1H3,(H2,13,17)(H,15,16). The van der Waals surface area contributed by atoms with Gasteiger partial charge in [0.15, 0.2) is 0 Å². The fourth-order valence-corrected chi connectivity index (χ4v) is 1.87. The average molecular weight is 250 g/mol. The number of nitrogens with zero attached hydrogens (tertiary/aromatic N) is 1. The number of nitrogens with one attached hydrogen (secondary N) is 2. The van der Waals surface area contributed by atoms with Gasteiger partial charge in [-0.15, -0.1) is 0 Å². The fourth-order valence-electron chi connectivity index (χ4n) is 1.87. The third kappa shape index (κ3) is 3.41. The van der Waals surface area contributed by atoms with Crippen molar-refractivity contribution in [3.63, 3.8) is 0 Å². The number of hydrogen-bond donors (Lipinski definition) is 3. The van der Waals surface area contributed by atoms with E-state index in [1.165, 1.54) is 0 Å². The molecule has 0 bridgehead atoms. The molecule has 0 saturated carbocycles. The van der Waals surface area contributed by atoms with Gasteiger partial charge in [-0.25, -0.2) is 4.98 Å². The molecule has 1 fully saturated rings. The zero-order valence-electron chi connectivity index (χ0n) is 10.4. The lowest BCUT2D eigenvalue weighted by atomic mass is 10.2. The van der Waals surface area contributed by atoms with Gasteiger partial charge in [-0.05, 0) is 19.1 Å². The Labute approximate surface area is 106 Å². The number of nitrogens with two attached hydrogens (primary N) is 1. The number of aromatic nitrogens is 1. The Kier molecular flexibility index (Phi) is 4.11. The first kappa shape index (κ1) is 12.8. The Balaban J connectivity index is 1.97. The first-order valence-corrected chi connectivity index (χ1v) is 6.00. The molecule has 0 aromatic carbocycles. The molecule has 1 unspecified atom stereocenters. The van der Waals surface area contributed by atoms with E-state index in [1.807, 2.05) is 6.92 Å². The van der Waals surface area contributed by atoms with Crippen molar-refractivity contribution in [3.8, 4) is 0 Å². The van der Waals surface area contributed by atoms with Gasteiger partial charge in [-0.1, -0.05) is 0 Å². The van der Waals surface area contributed by atoms with Crippen LogP contribution in [0, 0.1) is 6.92 Å². The van der Waals surface area contributed by atoms with Crippen LogP contribution in [-0.2, 0) is 4.74 Å². The number of rotatable bonds is 4. The van der Waals surface area contributed by atoms with Gasteiger partial charge >= 0.3 is 0 Å². The minimum atomic E-state index is -0.445. The van der Waals surface area contributed by atoms with E-state index in [2.05, 4.69) is 15.6 Å². The van der Waals surface area contributed by atoms with Crippen LogP contribution in [0.2, 0.25) is 0 Å². The molecule has 98 valence electrons. The van der Waals surface area contributed by atoms with Crippen LogP contribution >= 0.6 is 0 Å². The summed E-state index contributed by atoms with van der Waals surface area (Å²) in [5, 5.41) is 6.42. The van der Waals surface area contributed by atoms with Crippen LogP contribution in [0.3, 0.4) is 0 Å². The van der Waals surface area contributed by atoms with Crippen molar-refractivity contribution in [3.05, 3.63) is 23.4 Å². The first-order chi connectivity index (χ1) is 8.65. The van der Waals surface area contributed by atoms with Gasteiger partial charge in [-0.3, -0.25) is 4.79 Å². The maximum absolute atomic E-state index is 11.1. The van der Waals surface area contributed by atoms with Gasteiger partial charge in [0.25, 0.3) is 0 Å². The Morgan fingerprint density at radius 1 is 1.67 bits per heavy atom. The summed E-state index contributed by atoms with van der Waals surface area (Å²) in [6.07, 6.45) is 0.123. The number of hydrogen-bond acceptors (Lipinski definition) is 5. The summed E-state index contributed by atoms with van der Waals surface area (Å²) in [7, 11) is 0. The number of aryl methyl sites for hydroxylation is 1. The first-order valence-electron chi connectivity index (χ1n) is 6.00. The van der Waals surface area contributed by atoms with Gasteiger partial charge in [0, 0.05) is 30.9 Å². The highest BCUT2D eigenvalue weighted by molar-refractivity contribution is 5.93. The Morgan fingerprint density at radius 3 is 3.17 bits per heavy atom. The number of morpholine rings is 1. The summed E-state index contributed by atoms with van der Waals surface area (Å²) < 4.78 is 5.56. The Morgan fingerprint density at radius 2 is 2.50 bits per heavy atom. The van der Waals surface area contributed by atoms with Gasteiger partial charge in [-0.2, -0.15) is 0 Å². The molecule has 0 aliphatic carbocycles. The zero-order chi connectivity index (χ0) is 13.0. The minimum Gasteiger partial charge on any atom is -0.374 e. The molecule has 4 N–H and O–H groups in total. The smallest absolute Gasteiger partial charge is 0.248 e. The largest absolute Gasteiger partial charge is 0.374 e. The van der Waals surface area contributed by atoms with Crippen molar-refractivity contribution < 1.29 is 9.53 Å². The lowest BCUT2D eigenvalue weighted by Crippen LogP contribution is -2.42. The van der Waals surface area contributed by atoms with Crippen LogP contribution in [0.1, 0.15) is 16.1 Å². The molecular formula is C12H18N4O2. The van der Waals surface area contributed by atoms with E-state index < -0.39 is 5.91 Å². The van der Waals surface area contributed by atoms with Gasteiger partial charge in [0.05, 0.1) is 12.7 Å². The van der Waals surface area contributed by atoms with Crippen molar-refractivity contribution in [2.45, 2.75) is 13.0 Å². The van der Waals surface area contributed by atoms with Crippen LogP contribution in [0.5, 0.6) is 0 Å². The van der Waals surface area contributed by atoms with E-state index in [0.29, 0.717) is 17.9 Å². The van der Waals surface area contributed by atoms with E-state index in [4.69, 9.17) is 10.5 Å².